The molecule has 0 saturated heterocycles. The maximum absolute atomic E-state index is 13.3. The minimum Gasteiger partial charge on any atom is -0.490 e. The zero-order chi connectivity index (χ0) is 11.4. The molecule has 0 bridgehead atoms. The summed E-state index contributed by atoms with van der Waals surface area (Å²) in [6.45, 7) is 2.41. The smallest absolute Gasteiger partial charge is 0.201 e. The molecule has 0 amide bonds. The van der Waals surface area contributed by atoms with Gasteiger partial charge in [-0.25, -0.2) is 4.39 Å². The van der Waals surface area contributed by atoms with Crippen LogP contribution in [0.1, 0.15) is 19.8 Å². The van der Waals surface area contributed by atoms with E-state index in [1.807, 2.05) is 6.92 Å². The highest BCUT2D eigenvalue weighted by Crippen LogP contribution is 2.31. The van der Waals surface area contributed by atoms with Crippen LogP contribution in [0.15, 0.2) is 10.5 Å². The molecule has 0 aromatic heterocycles. The van der Waals surface area contributed by atoms with Crippen LogP contribution in [0.5, 0.6) is 5.75 Å². The van der Waals surface area contributed by atoms with Gasteiger partial charge < -0.3 is 4.74 Å². The van der Waals surface area contributed by atoms with Crippen molar-refractivity contribution < 1.29 is 13.5 Å². The Morgan fingerprint density at radius 3 is 2.67 bits per heavy atom. The number of hydrogen-bond donors (Lipinski definition) is 0. The van der Waals surface area contributed by atoms with Crippen LogP contribution in [0.2, 0.25) is 0 Å². The van der Waals surface area contributed by atoms with Gasteiger partial charge in [0.2, 0.25) is 5.82 Å². The summed E-state index contributed by atoms with van der Waals surface area (Å²) in [7, 11) is 0. The number of halogens is 4. The van der Waals surface area contributed by atoms with Gasteiger partial charge in [0, 0.05) is 4.47 Å². The maximum atomic E-state index is 13.3. The monoisotopic (exact) mass is 390 g/mol. The Morgan fingerprint density at radius 2 is 2.07 bits per heavy atom. The van der Waals surface area contributed by atoms with E-state index in [0.29, 0.717) is 11.1 Å². The van der Waals surface area contributed by atoms with Gasteiger partial charge in [-0.2, -0.15) is 4.39 Å². The maximum Gasteiger partial charge on any atom is 0.201 e. The Bertz CT molecular complexity index is 358. The fourth-order valence-corrected chi connectivity index (χ4v) is 1.76. The Labute approximate surface area is 109 Å². The number of unbranched alkanes of at least 4 members (excludes halogenated alkanes) is 1. The lowest BCUT2D eigenvalue weighted by Gasteiger charge is -2.09. The second kappa shape index (κ2) is 5.98. The molecule has 1 nitrogen and oxygen atoms in total. The van der Waals surface area contributed by atoms with Crippen LogP contribution in [0.3, 0.4) is 0 Å². The average Bonchev–Trinajstić information content (AvgIpc) is 2.23. The standard InChI is InChI=1S/C10H10BrF2IO/c1-2-3-4-15-7-5-6(11)10(14)9(13)8(7)12/h5H,2-4H2,1H3. The third-order valence-corrected chi connectivity index (χ3v) is 4.25. The molecule has 0 atom stereocenters. The third kappa shape index (κ3) is 3.27. The van der Waals surface area contributed by atoms with Crippen LogP contribution in [0, 0.1) is 15.2 Å². The molecule has 1 aromatic carbocycles. The molecule has 15 heavy (non-hydrogen) atoms. The lowest BCUT2D eigenvalue weighted by atomic mass is 10.3. The fraction of sp³-hybridized carbons (Fsp3) is 0.400. The van der Waals surface area contributed by atoms with Gasteiger partial charge in [-0.15, -0.1) is 0 Å². The van der Waals surface area contributed by atoms with E-state index >= 15 is 0 Å². The van der Waals surface area contributed by atoms with Gasteiger partial charge >= 0.3 is 0 Å². The number of rotatable bonds is 4. The average molecular weight is 391 g/mol. The molecule has 1 rings (SSSR count). The predicted octanol–water partition coefficient (Wildman–Crippen LogP) is 4.51. The Balaban J connectivity index is 2.89. The molecule has 84 valence electrons. The van der Waals surface area contributed by atoms with Crippen LogP contribution in [-0.2, 0) is 0 Å². The van der Waals surface area contributed by atoms with Crippen molar-refractivity contribution in [1.82, 2.24) is 0 Å². The summed E-state index contributed by atoms with van der Waals surface area (Å²) < 4.78 is 32.5. The van der Waals surface area contributed by atoms with Gasteiger partial charge in [-0.05, 0) is 51.0 Å². The highest BCUT2D eigenvalue weighted by atomic mass is 127. The molecule has 0 N–H and O–H groups in total. The van der Waals surface area contributed by atoms with Crippen molar-refractivity contribution >= 4 is 38.5 Å². The lowest BCUT2D eigenvalue weighted by molar-refractivity contribution is 0.288. The predicted molar refractivity (Wildman–Crippen MR) is 67.2 cm³/mol. The largest absolute Gasteiger partial charge is 0.490 e. The first kappa shape index (κ1) is 13.2. The van der Waals surface area contributed by atoms with Crippen LogP contribution in [0.25, 0.3) is 0 Å². The van der Waals surface area contributed by atoms with E-state index in [2.05, 4.69) is 15.9 Å². The summed E-state index contributed by atoms with van der Waals surface area (Å²) in [6, 6.07) is 1.45. The van der Waals surface area contributed by atoms with Crippen molar-refractivity contribution in [2.45, 2.75) is 19.8 Å². The van der Waals surface area contributed by atoms with Crippen LogP contribution < -0.4 is 4.74 Å². The molecule has 1 aromatic rings. The quantitative estimate of drug-likeness (QED) is 0.318. The second-order valence-electron chi connectivity index (χ2n) is 3.00. The topological polar surface area (TPSA) is 9.23 Å². The molecule has 0 aliphatic carbocycles. The van der Waals surface area contributed by atoms with E-state index in [9.17, 15) is 8.78 Å². The van der Waals surface area contributed by atoms with Crippen molar-refractivity contribution in [3.8, 4) is 5.75 Å². The van der Waals surface area contributed by atoms with Crippen molar-refractivity contribution in [1.29, 1.82) is 0 Å². The number of hydrogen-bond acceptors (Lipinski definition) is 1. The highest BCUT2D eigenvalue weighted by molar-refractivity contribution is 14.1. The highest BCUT2D eigenvalue weighted by Gasteiger charge is 2.16. The van der Waals surface area contributed by atoms with Gasteiger partial charge in [0.1, 0.15) is 0 Å². The molecule has 0 radical (unpaired) electrons. The van der Waals surface area contributed by atoms with E-state index in [4.69, 9.17) is 4.74 Å². The second-order valence-corrected chi connectivity index (χ2v) is 4.93. The molecule has 0 aliphatic rings. The number of ether oxygens (including phenoxy) is 1. The molecule has 5 heteroatoms. The molecular weight excluding hydrogens is 381 g/mol. The van der Waals surface area contributed by atoms with E-state index in [1.165, 1.54) is 6.07 Å². The van der Waals surface area contributed by atoms with Crippen molar-refractivity contribution in [3.63, 3.8) is 0 Å². The molecule has 0 saturated carbocycles. The van der Waals surface area contributed by atoms with Crippen LogP contribution in [-0.4, -0.2) is 6.61 Å². The summed E-state index contributed by atoms with van der Waals surface area (Å²) in [6.07, 6.45) is 1.78. The third-order valence-electron chi connectivity index (χ3n) is 1.82. The Kier molecular flexibility index (Phi) is 5.25. The molecule has 0 unspecified atom stereocenters. The van der Waals surface area contributed by atoms with Crippen molar-refractivity contribution in [3.05, 3.63) is 25.7 Å². The molecule has 0 aliphatic heterocycles. The van der Waals surface area contributed by atoms with Gasteiger partial charge in [-0.1, -0.05) is 13.3 Å². The first-order chi connectivity index (χ1) is 7.07. The normalized spacial score (nSPS) is 10.5. The minimum absolute atomic E-state index is 0.0340. The van der Waals surface area contributed by atoms with Gasteiger partial charge in [0.05, 0.1) is 10.2 Å². The van der Waals surface area contributed by atoms with Crippen molar-refractivity contribution in [2.75, 3.05) is 6.61 Å². The van der Waals surface area contributed by atoms with E-state index in [1.54, 1.807) is 22.6 Å². The Hall–Kier alpha value is 0.0900. The summed E-state index contributed by atoms with van der Waals surface area (Å²) in [4.78, 5) is 0. The minimum atomic E-state index is -0.918. The summed E-state index contributed by atoms with van der Waals surface area (Å²) in [5.41, 5.74) is 0. The number of benzene rings is 1. The summed E-state index contributed by atoms with van der Waals surface area (Å²) in [5, 5.41) is 0. The van der Waals surface area contributed by atoms with Crippen molar-refractivity contribution in [2.24, 2.45) is 0 Å². The van der Waals surface area contributed by atoms with Crippen LogP contribution >= 0.6 is 38.5 Å². The molecular formula is C10H10BrF2IO. The van der Waals surface area contributed by atoms with Gasteiger partial charge in [-0.3, -0.25) is 0 Å². The van der Waals surface area contributed by atoms with E-state index in [-0.39, 0.29) is 9.32 Å². The fourth-order valence-electron chi connectivity index (χ4n) is 0.983. The Morgan fingerprint density at radius 1 is 1.40 bits per heavy atom. The lowest BCUT2D eigenvalue weighted by Crippen LogP contribution is -2.01. The summed E-state index contributed by atoms with van der Waals surface area (Å²) >= 11 is 4.88. The summed E-state index contributed by atoms with van der Waals surface area (Å²) in [5.74, 6) is -1.82. The first-order valence-corrected chi connectivity index (χ1v) is 6.40. The first-order valence-electron chi connectivity index (χ1n) is 4.53. The molecule has 0 heterocycles. The van der Waals surface area contributed by atoms with Crippen LogP contribution in [0.4, 0.5) is 8.78 Å². The zero-order valence-corrected chi connectivity index (χ0v) is 11.9. The van der Waals surface area contributed by atoms with Gasteiger partial charge in [0.15, 0.2) is 11.6 Å². The SMILES string of the molecule is CCCCOc1cc(Br)c(I)c(F)c1F. The molecule has 0 spiro atoms. The molecule has 0 fully saturated rings. The zero-order valence-electron chi connectivity index (χ0n) is 8.12. The van der Waals surface area contributed by atoms with E-state index in [0.717, 1.165) is 12.8 Å². The van der Waals surface area contributed by atoms with Gasteiger partial charge in [0.25, 0.3) is 0 Å². The van der Waals surface area contributed by atoms with E-state index < -0.39 is 11.6 Å².